The van der Waals surface area contributed by atoms with Crippen molar-refractivity contribution in [3.8, 4) is 11.5 Å². The second kappa shape index (κ2) is 4.25. The zero-order valence-corrected chi connectivity index (χ0v) is 9.60. The molecule has 17 heavy (non-hydrogen) atoms. The molecule has 0 spiro atoms. The molecule has 1 aromatic carbocycles. The second-order valence-corrected chi connectivity index (χ2v) is 4.41. The van der Waals surface area contributed by atoms with Gasteiger partial charge in [0.25, 0.3) is 0 Å². The Morgan fingerprint density at radius 2 is 2.18 bits per heavy atom. The summed E-state index contributed by atoms with van der Waals surface area (Å²) in [4.78, 5) is 10.9. The average Bonchev–Trinajstić information content (AvgIpc) is 2.73. The van der Waals surface area contributed by atoms with Crippen LogP contribution in [0.1, 0.15) is 18.9 Å². The molecule has 0 aliphatic carbocycles. The van der Waals surface area contributed by atoms with Gasteiger partial charge in [0.05, 0.1) is 0 Å². The normalized spacial score (nSPS) is 16.6. The Morgan fingerprint density at radius 1 is 1.47 bits per heavy atom. The van der Waals surface area contributed by atoms with E-state index < -0.39 is 11.5 Å². The molecule has 0 amide bonds. The van der Waals surface area contributed by atoms with Crippen molar-refractivity contribution in [2.24, 2.45) is 5.73 Å². The van der Waals surface area contributed by atoms with Gasteiger partial charge in [-0.05, 0) is 37.5 Å². The third-order valence-electron chi connectivity index (χ3n) is 2.86. The maximum atomic E-state index is 10.9. The van der Waals surface area contributed by atoms with Crippen molar-refractivity contribution in [2.75, 3.05) is 6.79 Å². The van der Waals surface area contributed by atoms with Gasteiger partial charge in [0, 0.05) is 0 Å². The fourth-order valence-corrected chi connectivity index (χ4v) is 1.61. The number of carboxylic acid groups (broad SMARTS) is 1. The molecule has 1 aliphatic heterocycles. The molecule has 1 heterocycles. The molecule has 3 N–H and O–H groups in total. The van der Waals surface area contributed by atoms with Gasteiger partial charge in [-0.1, -0.05) is 6.07 Å². The Bertz CT molecular complexity index is 442. The van der Waals surface area contributed by atoms with E-state index in [1.165, 1.54) is 6.92 Å². The summed E-state index contributed by atoms with van der Waals surface area (Å²) in [5.41, 5.74) is 5.46. The maximum Gasteiger partial charge on any atom is 0.323 e. The van der Waals surface area contributed by atoms with Crippen molar-refractivity contribution in [2.45, 2.75) is 25.3 Å². The lowest BCUT2D eigenvalue weighted by Crippen LogP contribution is -2.45. The van der Waals surface area contributed by atoms with Crippen LogP contribution in [0.3, 0.4) is 0 Å². The van der Waals surface area contributed by atoms with Crippen LogP contribution in [0.25, 0.3) is 0 Å². The lowest BCUT2D eigenvalue weighted by molar-refractivity contribution is -0.142. The molecule has 0 radical (unpaired) electrons. The van der Waals surface area contributed by atoms with E-state index in [0.29, 0.717) is 18.6 Å². The molecule has 0 saturated heterocycles. The SMILES string of the molecule is CC(N)(CCc1ccc2c(c1)OCO2)C(=O)O. The zero-order valence-electron chi connectivity index (χ0n) is 9.60. The van der Waals surface area contributed by atoms with Crippen LogP contribution >= 0.6 is 0 Å². The number of nitrogens with two attached hydrogens (primary N) is 1. The first-order valence-electron chi connectivity index (χ1n) is 5.40. The molecule has 5 nitrogen and oxygen atoms in total. The van der Waals surface area contributed by atoms with E-state index in [4.69, 9.17) is 20.3 Å². The van der Waals surface area contributed by atoms with Gasteiger partial charge in [-0.3, -0.25) is 4.79 Å². The number of aliphatic carboxylic acids is 1. The number of carbonyl (C=O) groups is 1. The molecule has 0 saturated carbocycles. The van der Waals surface area contributed by atoms with Gasteiger partial charge in [-0.15, -0.1) is 0 Å². The highest BCUT2D eigenvalue weighted by Gasteiger charge is 2.27. The third-order valence-corrected chi connectivity index (χ3v) is 2.86. The second-order valence-electron chi connectivity index (χ2n) is 4.41. The number of aryl methyl sites for hydroxylation is 1. The van der Waals surface area contributed by atoms with Gasteiger partial charge in [-0.25, -0.2) is 0 Å². The van der Waals surface area contributed by atoms with E-state index in [9.17, 15) is 4.79 Å². The third kappa shape index (κ3) is 2.50. The standard InChI is InChI=1S/C12H15NO4/c1-12(13,11(14)15)5-4-8-2-3-9-10(6-8)17-7-16-9/h2-3,6H,4-5,7,13H2,1H3,(H,14,15). The molecule has 0 fully saturated rings. The first-order chi connectivity index (χ1) is 7.99. The molecule has 1 aliphatic rings. The van der Waals surface area contributed by atoms with Crippen molar-refractivity contribution in [1.29, 1.82) is 0 Å². The number of fused-ring (bicyclic) bond motifs is 1. The molecule has 5 heteroatoms. The average molecular weight is 237 g/mol. The van der Waals surface area contributed by atoms with Crippen LogP contribution in [0, 0.1) is 0 Å². The fraction of sp³-hybridized carbons (Fsp3) is 0.417. The fourth-order valence-electron chi connectivity index (χ4n) is 1.61. The topological polar surface area (TPSA) is 81.8 Å². The molecule has 92 valence electrons. The Morgan fingerprint density at radius 3 is 2.88 bits per heavy atom. The highest BCUT2D eigenvalue weighted by molar-refractivity contribution is 5.77. The van der Waals surface area contributed by atoms with Gasteiger partial charge in [0.1, 0.15) is 5.54 Å². The van der Waals surface area contributed by atoms with Gasteiger partial charge in [-0.2, -0.15) is 0 Å². The first-order valence-corrected chi connectivity index (χ1v) is 5.40. The lowest BCUT2D eigenvalue weighted by atomic mass is 9.94. The van der Waals surface area contributed by atoms with Crippen LogP contribution in [0.5, 0.6) is 11.5 Å². The van der Waals surface area contributed by atoms with E-state index in [2.05, 4.69) is 0 Å². The highest BCUT2D eigenvalue weighted by Crippen LogP contribution is 2.33. The summed E-state index contributed by atoms with van der Waals surface area (Å²) in [6, 6.07) is 5.58. The van der Waals surface area contributed by atoms with Gasteiger partial charge in [0.15, 0.2) is 11.5 Å². The van der Waals surface area contributed by atoms with Crippen LogP contribution in [0.4, 0.5) is 0 Å². The predicted octanol–water partition coefficient (Wildman–Crippen LogP) is 1.15. The van der Waals surface area contributed by atoms with E-state index in [1.54, 1.807) is 0 Å². The van der Waals surface area contributed by atoms with Crippen molar-refractivity contribution in [3.05, 3.63) is 23.8 Å². The van der Waals surface area contributed by atoms with E-state index in [-0.39, 0.29) is 6.79 Å². The summed E-state index contributed by atoms with van der Waals surface area (Å²) in [5.74, 6) is 0.442. The molecule has 0 bridgehead atoms. The smallest absolute Gasteiger partial charge is 0.323 e. The van der Waals surface area contributed by atoms with Crippen LogP contribution in [-0.4, -0.2) is 23.4 Å². The van der Waals surface area contributed by atoms with Crippen molar-refractivity contribution >= 4 is 5.97 Å². The molecule has 0 aromatic heterocycles. The van der Waals surface area contributed by atoms with Gasteiger partial charge < -0.3 is 20.3 Å². The molecular formula is C12H15NO4. The van der Waals surface area contributed by atoms with Crippen LogP contribution in [0.15, 0.2) is 18.2 Å². The summed E-state index contributed by atoms with van der Waals surface area (Å²) in [6.07, 6.45) is 0.970. The lowest BCUT2D eigenvalue weighted by Gasteiger charge is -2.18. The Hall–Kier alpha value is -1.75. The minimum absolute atomic E-state index is 0.239. The molecular weight excluding hydrogens is 222 g/mol. The Balaban J connectivity index is 2.03. The zero-order chi connectivity index (χ0) is 12.5. The van der Waals surface area contributed by atoms with Gasteiger partial charge in [0.2, 0.25) is 6.79 Å². The number of hydrogen-bond donors (Lipinski definition) is 2. The van der Waals surface area contributed by atoms with E-state index in [0.717, 1.165) is 11.3 Å². The first kappa shape index (κ1) is 11.7. The van der Waals surface area contributed by atoms with Crippen molar-refractivity contribution < 1.29 is 19.4 Å². The number of carboxylic acids is 1. The Kier molecular flexibility index (Phi) is 2.93. The number of ether oxygens (including phenoxy) is 2. The largest absolute Gasteiger partial charge is 0.480 e. The number of benzene rings is 1. The van der Waals surface area contributed by atoms with Crippen LogP contribution in [0.2, 0.25) is 0 Å². The molecule has 1 aromatic rings. The molecule has 1 unspecified atom stereocenters. The maximum absolute atomic E-state index is 10.9. The van der Waals surface area contributed by atoms with E-state index in [1.807, 2.05) is 18.2 Å². The van der Waals surface area contributed by atoms with Crippen LogP contribution < -0.4 is 15.2 Å². The van der Waals surface area contributed by atoms with Gasteiger partial charge >= 0.3 is 5.97 Å². The Labute approximate surface area is 99.1 Å². The minimum atomic E-state index is -1.20. The van der Waals surface area contributed by atoms with Crippen molar-refractivity contribution in [3.63, 3.8) is 0 Å². The van der Waals surface area contributed by atoms with E-state index >= 15 is 0 Å². The summed E-state index contributed by atoms with van der Waals surface area (Å²) >= 11 is 0. The number of rotatable bonds is 4. The molecule has 1 atom stereocenters. The van der Waals surface area contributed by atoms with Crippen molar-refractivity contribution in [1.82, 2.24) is 0 Å². The summed E-state index contributed by atoms with van der Waals surface area (Å²) in [7, 11) is 0. The highest BCUT2D eigenvalue weighted by atomic mass is 16.7. The quantitative estimate of drug-likeness (QED) is 0.820. The summed E-state index contributed by atoms with van der Waals surface area (Å²) < 4.78 is 10.4. The summed E-state index contributed by atoms with van der Waals surface area (Å²) in [5, 5.41) is 8.90. The minimum Gasteiger partial charge on any atom is -0.480 e. The summed E-state index contributed by atoms with van der Waals surface area (Å²) in [6.45, 7) is 1.75. The number of hydrogen-bond acceptors (Lipinski definition) is 4. The molecule has 2 rings (SSSR count). The predicted molar refractivity (Wildman–Crippen MR) is 61.1 cm³/mol. The van der Waals surface area contributed by atoms with Crippen LogP contribution in [-0.2, 0) is 11.2 Å². The monoisotopic (exact) mass is 237 g/mol.